The molecule has 1 heterocycles. The summed E-state index contributed by atoms with van der Waals surface area (Å²) in [4.78, 5) is 36.0. The number of fused-ring (bicyclic) bond motifs is 1. The van der Waals surface area contributed by atoms with Crippen molar-refractivity contribution in [3.8, 4) is 0 Å². The van der Waals surface area contributed by atoms with Crippen molar-refractivity contribution in [3.63, 3.8) is 0 Å². The van der Waals surface area contributed by atoms with Gasteiger partial charge in [0, 0.05) is 50.0 Å². The van der Waals surface area contributed by atoms with E-state index in [2.05, 4.69) is 10.6 Å². The van der Waals surface area contributed by atoms with Crippen LogP contribution in [0, 0.1) is 0 Å². The molecule has 1 aliphatic carbocycles. The van der Waals surface area contributed by atoms with Gasteiger partial charge in [-0.15, -0.1) is 0 Å². The summed E-state index contributed by atoms with van der Waals surface area (Å²) < 4.78 is 0. The third-order valence-corrected chi connectivity index (χ3v) is 6.11. The smallest absolute Gasteiger partial charge is 0.225 e. The van der Waals surface area contributed by atoms with E-state index in [4.69, 9.17) is 9.97 Å². The molecule has 1 fully saturated rings. The second-order valence-corrected chi connectivity index (χ2v) is 8.83. The first kappa shape index (κ1) is 22.7. The number of Topliss-reactive ketones (excluding diaryl/α,β-unsaturated/α-hetero) is 1. The van der Waals surface area contributed by atoms with Gasteiger partial charge in [0.2, 0.25) is 11.9 Å². The van der Waals surface area contributed by atoms with Crippen molar-refractivity contribution in [3.05, 3.63) is 60.2 Å². The molecule has 0 aliphatic heterocycles. The zero-order valence-corrected chi connectivity index (χ0v) is 19.3. The summed E-state index contributed by atoms with van der Waals surface area (Å²) in [6.07, 6.45) is 4.11. The molecule has 1 aliphatic rings. The van der Waals surface area contributed by atoms with Gasteiger partial charge in [-0.3, -0.25) is 9.59 Å². The van der Waals surface area contributed by atoms with Crippen molar-refractivity contribution in [2.75, 3.05) is 24.3 Å². The number of amides is 1. The van der Waals surface area contributed by atoms with E-state index in [0.29, 0.717) is 11.5 Å². The Morgan fingerprint density at radius 3 is 2.27 bits per heavy atom. The van der Waals surface area contributed by atoms with Crippen LogP contribution in [0.2, 0.25) is 0 Å². The molecule has 0 unspecified atom stereocenters. The van der Waals surface area contributed by atoms with Crippen LogP contribution in [0.1, 0.15) is 48.9 Å². The molecule has 2 N–H and O–H groups in total. The summed E-state index contributed by atoms with van der Waals surface area (Å²) in [6.45, 7) is 0. The lowest BCUT2D eigenvalue weighted by Crippen LogP contribution is -2.40. The van der Waals surface area contributed by atoms with Gasteiger partial charge in [0.1, 0.15) is 5.82 Å². The van der Waals surface area contributed by atoms with Gasteiger partial charge in [-0.25, -0.2) is 4.98 Å². The number of hydrogen-bond donors (Lipinski definition) is 2. The molecular weight excluding hydrogens is 414 g/mol. The van der Waals surface area contributed by atoms with Crippen LogP contribution < -0.4 is 15.5 Å². The zero-order valence-electron chi connectivity index (χ0n) is 19.3. The number of benzene rings is 2. The maximum atomic E-state index is 12.3. The Balaban J connectivity index is 1.26. The van der Waals surface area contributed by atoms with Crippen LogP contribution in [0.5, 0.6) is 0 Å². The molecule has 0 atom stereocenters. The minimum atomic E-state index is -0.0517. The maximum Gasteiger partial charge on any atom is 0.225 e. The largest absolute Gasteiger partial charge is 0.362 e. The topological polar surface area (TPSA) is 87.2 Å². The molecular formula is C26H31N5O2. The number of ketones is 1. The fraction of sp³-hybridized carbons (Fsp3) is 0.385. The Morgan fingerprint density at radius 1 is 0.879 bits per heavy atom. The van der Waals surface area contributed by atoms with Gasteiger partial charge in [0.15, 0.2) is 5.78 Å². The van der Waals surface area contributed by atoms with E-state index in [1.807, 2.05) is 61.5 Å². The van der Waals surface area contributed by atoms with Crippen LogP contribution in [0.25, 0.3) is 10.9 Å². The van der Waals surface area contributed by atoms with Crippen molar-refractivity contribution in [2.24, 2.45) is 0 Å². The highest BCUT2D eigenvalue weighted by atomic mass is 16.2. The van der Waals surface area contributed by atoms with Crippen molar-refractivity contribution < 1.29 is 9.59 Å². The van der Waals surface area contributed by atoms with Gasteiger partial charge in [-0.2, -0.15) is 4.98 Å². The summed E-state index contributed by atoms with van der Waals surface area (Å²) >= 11 is 0. The normalized spacial score (nSPS) is 18.0. The minimum absolute atomic E-state index is 0.00568. The van der Waals surface area contributed by atoms with Crippen molar-refractivity contribution in [1.29, 1.82) is 0 Å². The predicted octanol–water partition coefficient (Wildman–Crippen LogP) is 4.20. The quantitative estimate of drug-likeness (QED) is 0.506. The highest BCUT2D eigenvalue weighted by Gasteiger charge is 2.23. The summed E-state index contributed by atoms with van der Waals surface area (Å²) in [7, 11) is 3.97. The SMILES string of the molecule is CN(C)c1nc(N[C@H]2CC[C@@H](NC(=O)CCC(=O)c3ccccc3)CC2)nc2ccccc12. The van der Waals surface area contributed by atoms with E-state index in [0.717, 1.165) is 42.4 Å². The van der Waals surface area contributed by atoms with Crippen LogP contribution in [0.15, 0.2) is 54.6 Å². The van der Waals surface area contributed by atoms with E-state index in [1.54, 1.807) is 12.1 Å². The third-order valence-electron chi connectivity index (χ3n) is 6.11. The van der Waals surface area contributed by atoms with E-state index in [1.165, 1.54) is 0 Å². The molecule has 2 aromatic carbocycles. The Hall–Kier alpha value is -3.48. The maximum absolute atomic E-state index is 12.3. The molecule has 0 spiro atoms. The van der Waals surface area contributed by atoms with Crippen LogP contribution in [0.4, 0.5) is 11.8 Å². The molecule has 7 heteroatoms. The monoisotopic (exact) mass is 445 g/mol. The molecule has 7 nitrogen and oxygen atoms in total. The Morgan fingerprint density at radius 2 is 1.55 bits per heavy atom. The fourth-order valence-electron chi connectivity index (χ4n) is 4.33. The van der Waals surface area contributed by atoms with Gasteiger partial charge in [-0.05, 0) is 37.8 Å². The molecule has 1 aromatic heterocycles. The molecule has 0 bridgehead atoms. The Labute approximate surface area is 194 Å². The Bertz CT molecular complexity index is 1110. The van der Waals surface area contributed by atoms with Crippen LogP contribution in [-0.4, -0.2) is 47.8 Å². The zero-order chi connectivity index (χ0) is 23.2. The first-order chi connectivity index (χ1) is 16.0. The molecule has 33 heavy (non-hydrogen) atoms. The number of rotatable bonds is 8. The van der Waals surface area contributed by atoms with E-state index < -0.39 is 0 Å². The number of nitrogens with one attached hydrogen (secondary N) is 2. The van der Waals surface area contributed by atoms with E-state index in [9.17, 15) is 9.59 Å². The average Bonchev–Trinajstić information content (AvgIpc) is 2.83. The molecule has 1 saturated carbocycles. The second kappa shape index (κ2) is 10.4. The number of anilines is 2. The van der Waals surface area contributed by atoms with Crippen LogP contribution in [-0.2, 0) is 4.79 Å². The second-order valence-electron chi connectivity index (χ2n) is 8.83. The lowest BCUT2D eigenvalue weighted by Gasteiger charge is -2.30. The number of nitrogens with zero attached hydrogens (tertiary/aromatic N) is 3. The lowest BCUT2D eigenvalue weighted by molar-refractivity contribution is -0.122. The van der Waals surface area contributed by atoms with Gasteiger partial charge in [0.25, 0.3) is 0 Å². The summed E-state index contributed by atoms with van der Waals surface area (Å²) in [5.41, 5.74) is 1.58. The summed E-state index contributed by atoms with van der Waals surface area (Å²) in [6, 6.07) is 17.6. The van der Waals surface area contributed by atoms with Crippen LogP contribution >= 0.6 is 0 Å². The van der Waals surface area contributed by atoms with Crippen molar-refractivity contribution in [1.82, 2.24) is 15.3 Å². The highest BCUT2D eigenvalue weighted by molar-refractivity contribution is 5.97. The number of para-hydroxylation sites is 1. The molecule has 4 rings (SSSR count). The van der Waals surface area contributed by atoms with Gasteiger partial charge < -0.3 is 15.5 Å². The number of hydrogen-bond acceptors (Lipinski definition) is 6. The standard InChI is InChI=1S/C26H31N5O2/c1-31(2)25-21-10-6-7-11-22(21)29-26(30-25)28-20-14-12-19(13-15-20)27-24(33)17-16-23(32)18-8-4-3-5-9-18/h3-11,19-20H,12-17H2,1-2H3,(H,27,33)(H,28,29,30)/t19-,20+. The molecule has 3 aromatic rings. The first-order valence-corrected chi connectivity index (χ1v) is 11.6. The Kier molecular flexibility index (Phi) is 7.17. The molecule has 172 valence electrons. The first-order valence-electron chi connectivity index (χ1n) is 11.6. The number of carbonyl (C=O) groups is 2. The average molecular weight is 446 g/mol. The van der Waals surface area contributed by atoms with Gasteiger partial charge >= 0.3 is 0 Å². The third kappa shape index (κ3) is 5.86. The van der Waals surface area contributed by atoms with Gasteiger partial charge in [0.05, 0.1) is 5.52 Å². The molecule has 1 amide bonds. The van der Waals surface area contributed by atoms with E-state index >= 15 is 0 Å². The predicted molar refractivity (Wildman–Crippen MR) is 132 cm³/mol. The van der Waals surface area contributed by atoms with Gasteiger partial charge in [-0.1, -0.05) is 42.5 Å². The highest BCUT2D eigenvalue weighted by Crippen LogP contribution is 2.26. The number of aromatic nitrogens is 2. The van der Waals surface area contributed by atoms with Crippen LogP contribution in [0.3, 0.4) is 0 Å². The fourth-order valence-corrected chi connectivity index (χ4v) is 4.33. The summed E-state index contributed by atoms with van der Waals surface area (Å²) in [5, 5.41) is 7.63. The van der Waals surface area contributed by atoms with E-state index in [-0.39, 0.29) is 36.6 Å². The molecule has 0 radical (unpaired) electrons. The van der Waals surface area contributed by atoms with Crippen molar-refractivity contribution >= 4 is 34.4 Å². The lowest BCUT2D eigenvalue weighted by atomic mass is 9.91. The summed E-state index contributed by atoms with van der Waals surface area (Å²) in [5.74, 6) is 1.49. The minimum Gasteiger partial charge on any atom is -0.362 e. The van der Waals surface area contributed by atoms with Crippen molar-refractivity contribution in [2.45, 2.75) is 50.6 Å². The number of carbonyl (C=O) groups excluding carboxylic acids is 2. The molecule has 0 saturated heterocycles.